The van der Waals surface area contributed by atoms with Gasteiger partial charge in [0.15, 0.2) is 12.0 Å². The van der Waals surface area contributed by atoms with Crippen LogP contribution >= 0.6 is 11.8 Å². The van der Waals surface area contributed by atoms with Gasteiger partial charge in [-0.3, -0.25) is 4.79 Å². The standard InChI is InChI=1S/C18H11F3O4S2/c19-18(20,21)26-14-4-8-16(9-5-14)27(23,24)15-6-1-12(2-7-15)17-10-3-13(11-22)25-17/h1-11H. The number of thioether (sulfide) groups is 1. The first-order chi connectivity index (χ1) is 12.7. The number of carbonyl (C=O) groups excluding carboxylic acids is 1. The number of benzene rings is 2. The van der Waals surface area contributed by atoms with Gasteiger partial charge in [0.2, 0.25) is 9.84 Å². The third-order valence-corrected chi connectivity index (χ3v) is 6.08. The number of hydrogen-bond donors (Lipinski definition) is 0. The first kappa shape index (κ1) is 19.2. The molecule has 2 aromatic carbocycles. The van der Waals surface area contributed by atoms with E-state index in [2.05, 4.69) is 0 Å². The Bertz CT molecular complexity index is 1050. The predicted octanol–water partition coefficient (Wildman–Crippen LogP) is 5.20. The summed E-state index contributed by atoms with van der Waals surface area (Å²) in [6.45, 7) is 0. The number of furan rings is 1. The molecule has 0 aliphatic heterocycles. The van der Waals surface area contributed by atoms with Crippen molar-refractivity contribution in [2.45, 2.75) is 20.2 Å². The maximum Gasteiger partial charge on any atom is 0.446 e. The SMILES string of the molecule is O=Cc1ccc(-c2ccc(S(=O)(=O)c3ccc(SC(F)(F)F)cc3)cc2)o1. The monoisotopic (exact) mass is 412 g/mol. The first-order valence-corrected chi connectivity index (χ1v) is 9.75. The fraction of sp³-hybridized carbons (Fsp3) is 0.0556. The molecule has 0 fully saturated rings. The summed E-state index contributed by atoms with van der Waals surface area (Å²) in [5.41, 5.74) is -3.86. The maximum atomic E-state index is 12.6. The van der Waals surface area contributed by atoms with Gasteiger partial charge in [-0.25, -0.2) is 8.42 Å². The van der Waals surface area contributed by atoms with Crippen LogP contribution in [0.2, 0.25) is 0 Å². The minimum Gasteiger partial charge on any atom is -0.453 e. The Morgan fingerprint density at radius 2 is 1.41 bits per heavy atom. The number of halogens is 3. The van der Waals surface area contributed by atoms with Gasteiger partial charge in [-0.15, -0.1) is 0 Å². The lowest BCUT2D eigenvalue weighted by Crippen LogP contribution is -2.02. The quantitative estimate of drug-likeness (QED) is 0.426. The van der Waals surface area contributed by atoms with Crippen LogP contribution < -0.4 is 0 Å². The fourth-order valence-electron chi connectivity index (χ4n) is 2.33. The number of rotatable bonds is 5. The maximum absolute atomic E-state index is 12.6. The molecule has 1 aromatic heterocycles. The minimum absolute atomic E-state index is 0.00959. The highest BCUT2D eigenvalue weighted by molar-refractivity contribution is 8.00. The second-order valence-electron chi connectivity index (χ2n) is 5.37. The molecule has 0 N–H and O–H groups in total. The van der Waals surface area contributed by atoms with Crippen molar-refractivity contribution in [2.24, 2.45) is 0 Å². The summed E-state index contributed by atoms with van der Waals surface area (Å²) in [7, 11) is -3.88. The van der Waals surface area contributed by atoms with Crippen molar-refractivity contribution in [1.29, 1.82) is 0 Å². The van der Waals surface area contributed by atoms with E-state index in [1.807, 2.05) is 0 Å². The summed E-state index contributed by atoms with van der Waals surface area (Å²) in [6.07, 6.45) is 0.559. The molecule has 3 aromatic rings. The van der Waals surface area contributed by atoms with Gasteiger partial charge in [-0.1, -0.05) is 0 Å². The molecule has 0 amide bonds. The molecule has 27 heavy (non-hydrogen) atoms. The smallest absolute Gasteiger partial charge is 0.446 e. The molecule has 0 radical (unpaired) electrons. The molecule has 0 atom stereocenters. The Morgan fingerprint density at radius 3 is 1.89 bits per heavy atom. The van der Waals surface area contributed by atoms with E-state index in [0.717, 1.165) is 24.3 Å². The van der Waals surface area contributed by atoms with Crippen molar-refractivity contribution in [2.75, 3.05) is 0 Å². The van der Waals surface area contributed by atoms with Gasteiger partial charge in [0.25, 0.3) is 0 Å². The van der Waals surface area contributed by atoms with E-state index < -0.39 is 15.3 Å². The number of alkyl halides is 3. The van der Waals surface area contributed by atoms with E-state index in [0.29, 0.717) is 17.6 Å². The zero-order chi connectivity index (χ0) is 19.7. The molecular formula is C18H11F3O4S2. The van der Waals surface area contributed by atoms with Crippen molar-refractivity contribution in [3.8, 4) is 11.3 Å². The number of aldehydes is 1. The van der Waals surface area contributed by atoms with Crippen LogP contribution in [0.5, 0.6) is 0 Å². The summed E-state index contributed by atoms with van der Waals surface area (Å²) in [6, 6.07) is 13.4. The van der Waals surface area contributed by atoms with Crippen LogP contribution in [0.3, 0.4) is 0 Å². The third kappa shape index (κ3) is 4.42. The molecule has 0 aliphatic carbocycles. The van der Waals surface area contributed by atoms with Crippen molar-refractivity contribution < 1.29 is 30.8 Å². The van der Waals surface area contributed by atoms with Crippen molar-refractivity contribution in [3.05, 3.63) is 66.4 Å². The molecule has 0 bridgehead atoms. The van der Waals surface area contributed by atoms with Crippen LogP contribution in [0.15, 0.2) is 79.8 Å². The summed E-state index contributed by atoms with van der Waals surface area (Å²) in [5.74, 6) is 0.563. The summed E-state index contributed by atoms with van der Waals surface area (Å²) < 4.78 is 67.6. The lowest BCUT2D eigenvalue weighted by molar-refractivity contribution is -0.0328. The summed E-state index contributed by atoms with van der Waals surface area (Å²) in [4.78, 5) is 10.4. The minimum atomic E-state index is -4.44. The van der Waals surface area contributed by atoms with Crippen LogP contribution in [-0.4, -0.2) is 20.2 Å². The van der Waals surface area contributed by atoms with Crippen LogP contribution in [0, 0.1) is 0 Å². The Balaban J connectivity index is 1.85. The Labute approximate surface area is 156 Å². The van der Waals surface area contributed by atoms with Crippen LogP contribution in [0.25, 0.3) is 11.3 Å². The van der Waals surface area contributed by atoms with Gasteiger partial charge < -0.3 is 4.42 Å². The summed E-state index contributed by atoms with van der Waals surface area (Å²) >= 11 is -0.311. The van der Waals surface area contributed by atoms with Crippen molar-refractivity contribution >= 4 is 27.9 Å². The highest BCUT2D eigenvalue weighted by atomic mass is 32.2. The Morgan fingerprint density at radius 1 is 0.852 bits per heavy atom. The van der Waals surface area contributed by atoms with Crippen molar-refractivity contribution in [1.82, 2.24) is 0 Å². The van der Waals surface area contributed by atoms with Crippen LogP contribution in [0.4, 0.5) is 13.2 Å². The molecular weight excluding hydrogens is 401 g/mol. The molecule has 0 spiro atoms. The zero-order valence-corrected chi connectivity index (χ0v) is 15.1. The molecule has 9 heteroatoms. The van der Waals surface area contributed by atoms with Gasteiger partial charge in [0, 0.05) is 10.5 Å². The van der Waals surface area contributed by atoms with Gasteiger partial charge in [0.1, 0.15) is 5.76 Å². The van der Waals surface area contributed by atoms with Crippen LogP contribution in [0.1, 0.15) is 10.6 Å². The molecule has 0 aliphatic rings. The number of carbonyl (C=O) groups is 1. The molecule has 4 nitrogen and oxygen atoms in total. The van der Waals surface area contributed by atoms with E-state index in [9.17, 15) is 26.4 Å². The van der Waals surface area contributed by atoms with E-state index in [1.165, 1.54) is 30.3 Å². The Kier molecular flexibility index (Phi) is 5.16. The van der Waals surface area contributed by atoms with Crippen LogP contribution in [-0.2, 0) is 9.84 Å². The third-order valence-electron chi connectivity index (χ3n) is 3.56. The van der Waals surface area contributed by atoms with E-state index in [-0.39, 0.29) is 32.2 Å². The largest absolute Gasteiger partial charge is 0.453 e. The average molecular weight is 412 g/mol. The highest BCUT2D eigenvalue weighted by Gasteiger charge is 2.29. The molecule has 0 saturated heterocycles. The van der Waals surface area contributed by atoms with Gasteiger partial charge in [-0.2, -0.15) is 13.2 Å². The molecule has 0 unspecified atom stereocenters. The van der Waals surface area contributed by atoms with Gasteiger partial charge in [0.05, 0.1) is 9.79 Å². The zero-order valence-electron chi connectivity index (χ0n) is 13.4. The normalized spacial score (nSPS) is 12.1. The lowest BCUT2D eigenvalue weighted by atomic mass is 10.2. The molecule has 140 valence electrons. The Hall–Kier alpha value is -2.52. The van der Waals surface area contributed by atoms with E-state index in [1.54, 1.807) is 6.07 Å². The first-order valence-electron chi connectivity index (χ1n) is 7.45. The molecule has 1 heterocycles. The number of hydrogen-bond acceptors (Lipinski definition) is 5. The van der Waals surface area contributed by atoms with E-state index >= 15 is 0 Å². The second kappa shape index (κ2) is 7.24. The molecule has 0 saturated carbocycles. The van der Waals surface area contributed by atoms with Gasteiger partial charge in [-0.05, 0) is 72.4 Å². The molecule has 3 rings (SSSR count). The fourth-order valence-corrected chi connectivity index (χ4v) is 4.13. The average Bonchev–Trinajstić information content (AvgIpc) is 3.10. The number of sulfone groups is 1. The topological polar surface area (TPSA) is 64.3 Å². The van der Waals surface area contributed by atoms with E-state index in [4.69, 9.17) is 4.42 Å². The summed E-state index contributed by atoms with van der Waals surface area (Å²) in [5, 5.41) is 0. The predicted molar refractivity (Wildman–Crippen MR) is 93.3 cm³/mol. The second-order valence-corrected chi connectivity index (χ2v) is 8.46. The van der Waals surface area contributed by atoms with Crippen molar-refractivity contribution in [3.63, 3.8) is 0 Å². The lowest BCUT2D eigenvalue weighted by Gasteiger charge is -2.08. The van der Waals surface area contributed by atoms with Gasteiger partial charge >= 0.3 is 5.51 Å². The highest BCUT2D eigenvalue weighted by Crippen LogP contribution is 2.37.